The molecule has 4 N–H and O–H groups in total. The minimum absolute atomic E-state index is 0.514. The van der Waals surface area contributed by atoms with Gasteiger partial charge in [-0.25, -0.2) is 4.98 Å². The molecule has 0 aliphatic heterocycles. The number of fused-ring (bicyclic) bond motifs is 1. The summed E-state index contributed by atoms with van der Waals surface area (Å²) in [5.74, 6) is 0. The number of aryl methyl sites for hydroxylation is 1. The second-order valence-corrected chi connectivity index (χ2v) is 6.71. The van der Waals surface area contributed by atoms with E-state index < -0.39 is 21.5 Å². The van der Waals surface area contributed by atoms with Crippen LogP contribution in [-0.4, -0.2) is 43.7 Å². The number of unbranched alkanes of at least 4 members (excludes halogenated alkanes) is 1. The van der Waals surface area contributed by atoms with Gasteiger partial charge in [-0.05, 0) is 18.6 Å². The Morgan fingerprint density at radius 3 is 2.46 bits per heavy atom. The van der Waals surface area contributed by atoms with Gasteiger partial charge in [0.05, 0.1) is 28.7 Å². The molecule has 0 spiro atoms. The molecule has 0 aliphatic rings. The van der Waals surface area contributed by atoms with Crippen molar-refractivity contribution in [1.29, 1.82) is 0 Å². The zero-order valence-electron chi connectivity index (χ0n) is 15.3. The zero-order valence-corrected chi connectivity index (χ0v) is 16.1. The first-order chi connectivity index (χ1) is 13.2. The van der Waals surface area contributed by atoms with Gasteiger partial charge < -0.3 is 19.4 Å². The van der Waals surface area contributed by atoms with Gasteiger partial charge in [0.1, 0.15) is 0 Å². The highest BCUT2D eigenvalue weighted by molar-refractivity contribution is 7.79. The number of hydrogen-bond acceptors (Lipinski definition) is 6. The Morgan fingerprint density at radius 2 is 1.93 bits per heavy atom. The van der Waals surface area contributed by atoms with E-state index in [1.165, 1.54) is 0 Å². The quantitative estimate of drug-likeness (QED) is 0.358. The summed E-state index contributed by atoms with van der Waals surface area (Å²) in [6, 6.07) is 3.74. The predicted octanol–water partition coefficient (Wildman–Crippen LogP) is 1.06. The van der Waals surface area contributed by atoms with Gasteiger partial charge in [-0.15, -0.1) is 0 Å². The summed E-state index contributed by atoms with van der Waals surface area (Å²) in [7, 11) is -2.85. The molecule has 2 heterocycles. The lowest BCUT2D eigenvalue weighted by Gasteiger charge is -2.15. The Kier molecular flexibility index (Phi) is 6.72. The molecule has 0 fully saturated rings. The molecule has 12 heteroatoms. The van der Waals surface area contributed by atoms with Gasteiger partial charge in [0.2, 0.25) is 0 Å². The summed E-state index contributed by atoms with van der Waals surface area (Å²) >= 11 is 0. The van der Waals surface area contributed by atoms with Crippen LogP contribution in [0.3, 0.4) is 0 Å². The average molecular weight is 411 g/mol. The first-order valence-corrected chi connectivity index (χ1v) is 9.72. The second kappa shape index (κ2) is 8.82. The van der Waals surface area contributed by atoms with E-state index in [2.05, 4.69) is 22.2 Å². The SMILES string of the molecule is CCCCn1c(=O)c(=O)[nH]c2cc(NC)c(-n3ccnc3)cc21.O=S(=O)(O)O. The number of H-pyrrole nitrogens is 1. The van der Waals surface area contributed by atoms with Crippen LogP contribution in [0.25, 0.3) is 16.7 Å². The molecule has 0 saturated carbocycles. The number of nitrogens with zero attached hydrogens (tertiary/aromatic N) is 3. The van der Waals surface area contributed by atoms with Crippen LogP contribution in [0.2, 0.25) is 0 Å². The van der Waals surface area contributed by atoms with Crippen molar-refractivity contribution in [3.63, 3.8) is 0 Å². The van der Waals surface area contributed by atoms with Crippen LogP contribution in [0, 0.1) is 0 Å². The third-order valence-electron chi connectivity index (χ3n) is 3.88. The van der Waals surface area contributed by atoms with Crippen LogP contribution in [0.5, 0.6) is 0 Å². The third-order valence-corrected chi connectivity index (χ3v) is 3.88. The van der Waals surface area contributed by atoms with Gasteiger partial charge in [-0.3, -0.25) is 18.7 Å². The van der Waals surface area contributed by atoms with Crippen molar-refractivity contribution in [2.24, 2.45) is 0 Å². The van der Waals surface area contributed by atoms with Gasteiger partial charge in [0, 0.05) is 26.0 Å². The Bertz CT molecular complexity index is 1160. The molecule has 0 amide bonds. The van der Waals surface area contributed by atoms with E-state index in [9.17, 15) is 9.59 Å². The maximum Gasteiger partial charge on any atom is 0.394 e. The fourth-order valence-electron chi connectivity index (χ4n) is 2.66. The molecule has 28 heavy (non-hydrogen) atoms. The summed E-state index contributed by atoms with van der Waals surface area (Å²) in [5, 5.41) is 3.11. The fourth-order valence-corrected chi connectivity index (χ4v) is 2.66. The number of hydrogen-bond donors (Lipinski definition) is 4. The first kappa shape index (κ1) is 21.3. The molecule has 11 nitrogen and oxygen atoms in total. The van der Waals surface area contributed by atoms with E-state index in [-0.39, 0.29) is 0 Å². The van der Waals surface area contributed by atoms with Gasteiger partial charge in [-0.2, -0.15) is 8.42 Å². The van der Waals surface area contributed by atoms with E-state index >= 15 is 0 Å². The molecule has 0 radical (unpaired) electrons. The first-order valence-electron chi connectivity index (χ1n) is 8.32. The van der Waals surface area contributed by atoms with Crippen LogP contribution in [0.1, 0.15) is 19.8 Å². The van der Waals surface area contributed by atoms with Crippen molar-refractivity contribution >= 4 is 27.1 Å². The molecule has 2 aromatic heterocycles. The third kappa shape index (κ3) is 5.28. The average Bonchev–Trinajstić information content (AvgIpc) is 3.14. The highest BCUT2D eigenvalue weighted by Crippen LogP contribution is 2.25. The Balaban J connectivity index is 0.000000500. The van der Waals surface area contributed by atoms with E-state index in [1.54, 1.807) is 17.1 Å². The van der Waals surface area contributed by atoms with Crippen molar-refractivity contribution in [2.75, 3.05) is 12.4 Å². The molecule has 0 atom stereocenters. The number of nitrogens with one attached hydrogen (secondary N) is 2. The lowest BCUT2D eigenvalue weighted by Crippen LogP contribution is -2.36. The number of anilines is 1. The molecular formula is C16H21N5O6S. The summed E-state index contributed by atoms with van der Waals surface area (Å²) in [6.07, 6.45) is 7.02. The predicted molar refractivity (Wildman–Crippen MR) is 105 cm³/mol. The topological polar surface area (TPSA) is 159 Å². The number of benzene rings is 1. The number of rotatable bonds is 5. The van der Waals surface area contributed by atoms with E-state index in [4.69, 9.17) is 17.5 Å². The van der Waals surface area contributed by atoms with Gasteiger partial charge in [0.25, 0.3) is 0 Å². The Morgan fingerprint density at radius 1 is 1.25 bits per heavy atom. The molecule has 1 aromatic carbocycles. The van der Waals surface area contributed by atoms with Crippen LogP contribution in [0.4, 0.5) is 5.69 Å². The minimum Gasteiger partial charge on any atom is -0.386 e. The number of aromatic nitrogens is 4. The van der Waals surface area contributed by atoms with Crippen LogP contribution >= 0.6 is 0 Å². The Labute approximate surface area is 160 Å². The monoisotopic (exact) mass is 411 g/mol. The maximum absolute atomic E-state index is 12.2. The molecule has 0 bridgehead atoms. The molecular weight excluding hydrogens is 390 g/mol. The molecule has 3 aromatic rings. The van der Waals surface area contributed by atoms with E-state index in [0.29, 0.717) is 17.6 Å². The largest absolute Gasteiger partial charge is 0.394 e. The normalized spacial score (nSPS) is 11.1. The van der Waals surface area contributed by atoms with E-state index in [0.717, 1.165) is 24.2 Å². The van der Waals surface area contributed by atoms with Crippen LogP contribution in [0.15, 0.2) is 40.4 Å². The summed E-state index contributed by atoms with van der Waals surface area (Å²) < 4.78 is 35.0. The van der Waals surface area contributed by atoms with Gasteiger partial charge in [0.15, 0.2) is 0 Å². The van der Waals surface area contributed by atoms with Crippen molar-refractivity contribution in [3.05, 3.63) is 51.6 Å². The highest BCUT2D eigenvalue weighted by atomic mass is 32.3. The number of imidazole rings is 1. The number of aromatic amines is 1. The summed E-state index contributed by atoms with van der Waals surface area (Å²) in [4.78, 5) is 30.9. The summed E-state index contributed by atoms with van der Waals surface area (Å²) in [5.41, 5.74) is 1.96. The van der Waals surface area contributed by atoms with E-state index in [1.807, 2.05) is 29.9 Å². The smallest absolute Gasteiger partial charge is 0.386 e. The van der Waals surface area contributed by atoms with Gasteiger partial charge >= 0.3 is 21.5 Å². The summed E-state index contributed by atoms with van der Waals surface area (Å²) in [6.45, 7) is 2.58. The zero-order chi connectivity index (χ0) is 20.9. The molecule has 152 valence electrons. The molecule has 0 aliphatic carbocycles. The van der Waals surface area contributed by atoms with Crippen molar-refractivity contribution in [2.45, 2.75) is 26.3 Å². The van der Waals surface area contributed by atoms with Crippen LogP contribution < -0.4 is 16.4 Å². The second-order valence-electron chi connectivity index (χ2n) is 5.82. The highest BCUT2D eigenvalue weighted by Gasteiger charge is 2.12. The maximum atomic E-state index is 12.2. The minimum atomic E-state index is -4.67. The van der Waals surface area contributed by atoms with Gasteiger partial charge in [-0.1, -0.05) is 13.3 Å². The Hall–Kier alpha value is -2.96. The molecule has 0 saturated heterocycles. The molecule has 0 unspecified atom stereocenters. The van der Waals surface area contributed by atoms with Crippen molar-refractivity contribution in [3.8, 4) is 5.69 Å². The molecule has 3 rings (SSSR count). The van der Waals surface area contributed by atoms with Crippen molar-refractivity contribution < 1.29 is 17.5 Å². The lowest BCUT2D eigenvalue weighted by molar-refractivity contribution is 0.381. The van der Waals surface area contributed by atoms with Crippen LogP contribution in [-0.2, 0) is 16.9 Å². The van der Waals surface area contributed by atoms with Crippen molar-refractivity contribution in [1.82, 2.24) is 19.1 Å². The standard InChI is InChI=1S/C16H19N5O2.H2O4S/c1-3-4-6-21-14-9-13(20-7-5-18-10-20)11(17-2)8-12(14)19-15(22)16(21)23;1-5(2,3)4/h5,7-10,17H,3-4,6H2,1-2H3,(H,19,22);(H2,1,2,3,4). The fraction of sp³-hybridized carbons (Fsp3) is 0.312. The lowest BCUT2D eigenvalue weighted by atomic mass is 10.2.